The van der Waals surface area contributed by atoms with Crippen LogP contribution < -0.4 is 0 Å². The minimum absolute atomic E-state index is 0.935. The quantitative estimate of drug-likeness (QED) is 0.279. The number of H-pyrrole nitrogens is 1. The van der Waals surface area contributed by atoms with E-state index in [0.29, 0.717) is 0 Å². The Bertz CT molecular complexity index is 2070. The molecule has 0 fully saturated rings. The van der Waals surface area contributed by atoms with Crippen molar-refractivity contribution in [1.29, 1.82) is 0 Å². The average molecular weight is 434 g/mol. The summed E-state index contributed by atoms with van der Waals surface area (Å²) < 4.78 is 2.31. The van der Waals surface area contributed by atoms with E-state index in [1.54, 1.807) is 0 Å². The van der Waals surface area contributed by atoms with Gasteiger partial charge in [0.05, 0.1) is 16.6 Å². The first kappa shape index (κ1) is 17.9. The molecule has 158 valence electrons. The fourth-order valence-electron chi connectivity index (χ4n) is 5.47. The number of rotatable bonds is 1. The molecule has 0 unspecified atom stereocenters. The molecule has 0 spiro atoms. The van der Waals surface area contributed by atoms with E-state index in [9.17, 15) is 0 Å². The van der Waals surface area contributed by atoms with Crippen LogP contribution in [0.5, 0.6) is 0 Å². The Hall–Kier alpha value is -4.63. The number of aromatic nitrogens is 3. The van der Waals surface area contributed by atoms with Crippen LogP contribution in [0.3, 0.4) is 0 Å². The van der Waals surface area contributed by atoms with Gasteiger partial charge in [-0.05, 0) is 59.3 Å². The summed E-state index contributed by atoms with van der Waals surface area (Å²) >= 11 is 0. The number of fused-ring (bicyclic) bond motifs is 8. The van der Waals surface area contributed by atoms with Crippen LogP contribution in [-0.4, -0.2) is 14.5 Å². The summed E-state index contributed by atoms with van der Waals surface area (Å²) in [5.74, 6) is 0.935. The van der Waals surface area contributed by atoms with Crippen LogP contribution in [0, 0.1) is 0 Å². The number of aromatic amines is 1. The molecule has 0 aliphatic heterocycles. The molecule has 8 rings (SSSR count). The molecule has 3 heteroatoms. The van der Waals surface area contributed by atoms with Gasteiger partial charge in [0, 0.05) is 38.0 Å². The lowest BCUT2D eigenvalue weighted by Gasteiger charge is -2.09. The largest absolute Gasteiger partial charge is 0.354 e. The first-order valence-corrected chi connectivity index (χ1v) is 11.6. The number of benzene rings is 5. The number of hydrogen-bond donors (Lipinski definition) is 1. The summed E-state index contributed by atoms with van der Waals surface area (Å²) in [4.78, 5) is 8.70. The molecule has 5 aromatic carbocycles. The zero-order chi connectivity index (χ0) is 22.2. The lowest BCUT2D eigenvalue weighted by molar-refractivity contribution is 1.10. The minimum Gasteiger partial charge on any atom is -0.354 e. The van der Waals surface area contributed by atoms with Crippen LogP contribution in [0.4, 0.5) is 0 Å². The predicted octanol–water partition coefficient (Wildman–Crippen LogP) is 8.12. The first-order valence-electron chi connectivity index (χ1n) is 11.6. The molecular weight excluding hydrogens is 414 g/mol. The number of para-hydroxylation sites is 2. The monoisotopic (exact) mass is 433 g/mol. The van der Waals surface area contributed by atoms with E-state index in [4.69, 9.17) is 4.98 Å². The topological polar surface area (TPSA) is 33.6 Å². The van der Waals surface area contributed by atoms with Gasteiger partial charge in [-0.1, -0.05) is 60.7 Å². The Kier molecular flexibility index (Phi) is 3.39. The van der Waals surface area contributed by atoms with Gasteiger partial charge < -0.3 is 4.98 Å². The van der Waals surface area contributed by atoms with E-state index in [1.807, 2.05) is 6.07 Å². The third kappa shape index (κ3) is 2.38. The Morgan fingerprint density at radius 1 is 0.500 bits per heavy atom. The van der Waals surface area contributed by atoms with Gasteiger partial charge in [-0.15, -0.1) is 0 Å². The predicted molar refractivity (Wildman–Crippen MR) is 143 cm³/mol. The van der Waals surface area contributed by atoms with E-state index in [-0.39, 0.29) is 0 Å². The molecule has 8 aromatic rings. The number of pyridine rings is 1. The first-order chi connectivity index (χ1) is 16.8. The second kappa shape index (κ2) is 6.46. The highest BCUT2D eigenvalue weighted by Crippen LogP contribution is 2.38. The molecule has 0 saturated heterocycles. The fourth-order valence-corrected chi connectivity index (χ4v) is 5.47. The lowest BCUT2D eigenvalue weighted by atomic mass is 10.0. The van der Waals surface area contributed by atoms with Crippen molar-refractivity contribution in [2.45, 2.75) is 0 Å². The molecule has 3 nitrogen and oxygen atoms in total. The summed E-state index contributed by atoms with van der Waals surface area (Å²) in [6.07, 6.45) is 0. The SMILES string of the molecule is c1ccc2cc3c(cc2c1)c1cc2c(cc1n3-c1ccc3ccccc3n1)[nH]c1ccccc12. The lowest BCUT2D eigenvalue weighted by Crippen LogP contribution is -1.97. The fraction of sp³-hybridized carbons (Fsp3) is 0. The maximum Gasteiger partial charge on any atom is 0.138 e. The van der Waals surface area contributed by atoms with Crippen LogP contribution in [-0.2, 0) is 0 Å². The normalized spacial score (nSPS) is 12.1. The molecule has 0 saturated carbocycles. The number of nitrogens with one attached hydrogen (secondary N) is 1. The second-order valence-electron chi connectivity index (χ2n) is 9.00. The van der Waals surface area contributed by atoms with Crippen molar-refractivity contribution in [3.8, 4) is 5.82 Å². The average Bonchev–Trinajstić information content (AvgIpc) is 3.40. The molecule has 1 N–H and O–H groups in total. The van der Waals surface area contributed by atoms with Gasteiger partial charge in [0.25, 0.3) is 0 Å². The molecule has 0 bridgehead atoms. The van der Waals surface area contributed by atoms with Crippen molar-refractivity contribution in [3.05, 3.63) is 109 Å². The Morgan fingerprint density at radius 3 is 2.12 bits per heavy atom. The van der Waals surface area contributed by atoms with Gasteiger partial charge in [-0.3, -0.25) is 4.57 Å². The highest BCUT2D eigenvalue weighted by molar-refractivity contribution is 6.20. The molecular formula is C31H19N3. The number of hydrogen-bond acceptors (Lipinski definition) is 1. The van der Waals surface area contributed by atoms with Gasteiger partial charge in [0.15, 0.2) is 0 Å². The molecule has 3 aromatic heterocycles. The van der Waals surface area contributed by atoms with Gasteiger partial charge >= 0.3 is 0 Å². The summed E-state index contributed by atoms with van der Waals surface area (Å²) in [5, 5.41) is 8.63. The summed E-state index contributed by atoms with van der Waals surface area (Å²) in [7, 11) is 0. The second-order valence-corrected chi connectivity index (χ2v) is 9.00. The smallest absolute Gasteiger partial charge is 0.138 e. The van der Waals surface area contributed by atoms with Crippen LogP contribution in [0.15, 0.2) is 109 Å². The van der Waals surface area contributed by atoms with Crippen molar-refractivity contribution in [2.24, 2.45) is 0 Å². The summed E-state index contributed by atoms with van der Waals surface area (Å²) in [6, 6.07) is 39.0. The van der Waals surface area contributed by atoms with Gasteiger partial charge in [0.2, 0.25) is 0 Å². The number of nitrogens with zero attached hydrogens (tertiary/aromatic N) is 2. The standard InChI is InChI=1S/C31H19N3/c1-2-9-21-16-29-24(15-20(21)8-1)25-17-23-22-10-4-6-12-27(22)32-28(23)18-30(25)34(29)31-14-13-19-7-3-5-11-26(19)33-31/h1-18,32H. The molecule has 0 aliphatic carbocycles. The third-order valence-electron chi connectivity index (χ3n) is 7.07. The van der Waals surface area contributed by atoms with Crippen molar-refractivity contribution < 1.29 is 0 Å². The molecule has 3 heterocycles. The van der Waals surface area contributed by atoms with E-state index in [1.165, 1.54) is 37.8 Å². The molecule has 0 amide bonds. The third-order valence-corrected chi connectivity index (χ3v) is 7.07. The van der Waals surface area contributed by atoms with Crippen LogP contribution in [0.2, 0.25) is 0 Å². The van der Waals surface area contributed by atoms with Crippen molar-refractivity contribution >= 4 is 65.3 Å². The van der Waals surface area contributed by atoms with Gasteiger partial charge in [0.1, 0.15) is 5.82 Å². The van der Waals surface area contributed by atoms with E-state index < -0.39 is 0 Å². The Morgan fingerprint density at radius 2 is 1.21 bits per heavy atom. The van der Waals surface area contributed by atoms with E-state index in [2.05, 4.69) is 113 Å². The van der Waals surface area contributed by atoms with Crippen molar-refractivity contribution in [1.82, 2.24) is 14.5 Å². The minimum atomic E-state index is 0.935. The Balaban J connectivity index is 1.58. The maximum absolute atomic E-state index is 5.07. The van der Waals surface area contributed by atoms with Crippen LogP contribution in [0.1, 0.15) is 0 Å². The molecule has 0 aliphatic rings. The van der Waals surface area contributed by atoms with Crippen LogP contribution in [0.25, 0.3) is 71.1 Å². The molecule has 0 atom stereocenters. The van der Waals surface area contributed by atoms with Crippen molar-refractivity contribution in [2.75, 3.05) is 0 Å². The highest BCUT2D eigenvalue weighted by atomic mass is 15.1. The highest BCUT2D eigenvalue weighted by Gasteiger charge is 2.17. The van der Waals surface area contributed by atoms with Gasteiger partial charge in [-0.2, -0.15) is 0 Å². The molecule has 0 radical (unpaired) electrons. The van der Waals surface area contributed by atoms with Gasteiger partial charge in [-0.25, -0.2) is 4.98 Å². The maximum atomic E-state index is 5.07. The van der Waals surface area contributed by atoms with Crippen LogP contribution >= 0.6 is 0 Å². The zero-order valence-corrected chi connectivity index (χ0v) is 18.3. The summed E-state index contributed by atoms with van der Waals surface area (Å²) in [6.45, 7) is 0. The summed E-state index contributed by atoms with van der Waals surface area (Å²) in [5.41, 5.74) is 5.64. The zero-order valence-electron chi connectivity index (χ0n) is 18.3. The van der Waals surface area contributed by atoms with E-state index in [0.717, 1.165) is 33.3 Å². The van der Waals surface area contributed by atoms with Crippen molar-refractivity contribution in [3.63, 3.8) is 0 Å². The van der Waals surface area contributed by atoms with E-state index >= 15 is 0 Å². The molecule has 34 heavy (non-hydrogen) atoms. The Labute approximate surface area is 194 Å².